The predicted molar refractivity (Wildman–Crippen MR) is 76.6 cm³/mol. The van der Waals surface area contributed by atoms with E-state index in [4.69, 9.17) is 22.7 Å². The third kappa shape index (κ3) is 4.81. The van der Waals surface area contributed by atoms with Gasteiger partial charge in [-0.2, -0.15) is 0 Å². The first-order valence-electron chi connectivity index (χ1n) is 5.71. The summed E-state index contributed by atoms with van der Waals surface area (Å²) < 4.78 is 4.99. The van der Waals surface area contributed by atoms with Crippen LogP contribution in [0.15, 0.2) is 24.3 Å². The molecule has 0 aromatic heterocycles. The van der Waals surface area contributed by atoms with Gasteiger partial charge in [0.25, 0.3) is 0 Å². The normalized spacial score (nSPS) is 11.9. The molecule has 18 heavy (non-hydrogen) atoms. The van der Waals surface area contributed by atoms with Gasteiger partial charge in [0.1, 0.15) is 4.99 Å². The summed E-state index contributed by atoms with van der Waals surface area (Å²) in [7, 11) is 1.63. The van der Waals surface area contributed by atoms with Crippen LogP contribution >= 0.6 is 12.2 Å². The molecule has 0 saturated carbocycles. The minimum Gasteiger partial charge on any atom is -0.389 e. The number of thiocarbonyl (C=S) groups is 1. The summed E-state index contributed by atoms with van der Waals surface area (Å²) in [6, 6.07) is 7.19. The molecule has 1 aromatic rings. The van der Waals surface area contributed by atoms with Gasteiger partial charge in [0.05, 0.1) is 0 Å². The van der Waals surface area contributed by atoms with Crippen molar-refractivity contribution in [1.82, 2.24) is 0 Å². The van der Waals surface area contributed by atoms with Crippen LogP contribution in [-0.4, -0.2) is 24.6 Å². The number of hydrogen-bond donors (Lipinski definition) is 2. The molecule has 0 aliphatic carbocycles. The van der Waals surface area contributed by atoms with Crippen LogP contribution in [0.2, 0.25) is 0 Å². The molecule has 0 heterocycles. The lowest BCUT2D eigenvalue weighted by molar-refractivity contribution is -0.117. The SMILES string of the molecule is COCC(C)CC(=O)Nc1cccc(C(N)=S)c1. The maximum atomic E-state index is 11.7. The fourth-order valence-electron chi connectivity index (χ4n) is 1.62. The lowest BCUT2D eigenvalue weighted by Gasteiger charge is -2.11. The topological polar surface area (TPSA) is 64.3 Å². The number of carbonyl (C=O) groups excluding carboxylic acids is 1. The van der Waals surface area contributed by atoms with E-state index in [2.05, 4.69) is 5.32 Å². The summed E-state index contributed by atoms with van der Waals surface area (Å²) in [6.07, 6.45) is 0.422. The summed E-state index contributed by atoms with van der Waals surface area (Å²) in [6.45, 7) is 2.54. The van der Waals surface area contributed by atoms with E-state index in [1.807, 2.05) is 19.1 Å². The highest BCUT2D eigenvalue weighted by molar-refractivity contribution is 7.80. The zero-order valence-corrected chi connectivity index (χ0v) is 11.4. The number of ether oxygens (including phenoxy) is 1. The zero-order valence-electron chi connectivity index (χ0n) is 10.6. The van der Waals surface area contributed by atoms with Crippen LogP contribution < -0.4 is 11.1 Å². The van der Waals surface area contributed by atoms with Crippen LogP contribution in [0.5, 0.6) is 0 Å². The van der Waals surface area contributed by atoms with Gasteiger partial charge in [-0.25, -0.2) is 0 Å². The van der Waals surface area contributed by atoms with E-state index >= 15 is 0 Å². The summed E-state index contributed by atoms with van der Waals surface area (Å²) in [4.78, 5) is 12.1. The highest BCUT2D eigenvalue weighted by Gasteiger charge is 2.09. The molecular formula is C13H18N2O2S. The summed E-state index contributed by atoms with van der Waals surface area (Å²) in [5, 5.41) is 2.82. The number of nitrogens with one attached hydrogen (secondary N) is 1. The van der Waals surface area contributed by atoms with Gasteiger partial charge in [0.15, 0.2) is 0 Å². The molecule has 0 aliphatic heterocycles. The molecule has 0 bridgehead atoms. The number of benzene rings is 1. The van der Waals surface area contributed by atoms with E-state index in [9.17, 15) is 4.79 Å². The van der Waals surface area contributed by atoms with E-state index in [1.54, 1.807) is 19.2 Å². The first-order valence-corrected chi connectivity index (χ1v) is 6.12. The Labute approximate surface area is 113 Å². The molecule has 1 rings (SSSR count). The Morgan fingerprint density at radius 2 is 2.28 bits per heavy atom. The number of methoxy groups -OCH3 is 1. The predicted octanol–water partition coefficient (Wildman–Crippen LogP) is 1.93. The number of amides is 1. The fourth-order valence-corrected chi connectivity index (χ4v) is 1.75. The van der Waals surface area contributed by atoms with Gasteiger partial charge in [-0.15, -0.1) is 0 Å². The molecule has 98 valence electrons. The van der Waals surface area contributed by atoms with Gasteiger partial charge >= 0.3 is 0 Å². The lowest BCUT2D eigenvalue weighted by atomic mass is 10.1. The largest absolute Gasteiger partial charge is 0.389 e. The Morgan fingerprint density at radius 3 is 2.89 bits per heavy atom. The van der Waals surface area contributed by atoms with Crippen molar-refractivity contribution in [2.75, 3.05) is 19.0 Å². The highest BCUT2D eigenvalue weighted by atomic mass is 32.1. The third-order valence-electron chi connectivity index (χ3n) is 2.42. The Kier molecular flexibility index (Phi) is 5.74. The molecule has 0 aliphatic rings. The van der Waals surface area contributed by atoms with Gasteiger partial charge < -0.3 is 15.8 Å². The third-order valence-corrected chi connectivity index (χ3v) is 2.65. The van der Waals surface area contributed by atoms with Crippen molar-refractivity contribution in [3.63, 3.8) is 0 Å². The van der Waals surface area contributed by atoms with Gasteiger partial charge in [-0.05, 0) is 18.1 Å². The Morgan fingerprint density at radius 1 is 1.56 bits per heavy atom. The van der Waals surface area contributed by atoms with Crippen LogP contribution in [0.3, 0.4) is 0 Å². The lowest BCUT2D eigenvalue weighted by Crippen LogP contribution is -2.18. The molecule has 1 unspecified atom stereocenters. The van der Waals surface area contributed by atoms with Crippen LogP contribution in [-0.2, 0) is 9.53 Å². The van der Waals surface area contributed by atoms with E-state index in [-0.39, 0.29) is 11.8 Å². The van der Waals surface area contributed by atoms with Crippen LogP contribution in [0.4, 0.5) is 5.69 Å². The molecule has 1 aromatic carbocycles. The van der Waals surface area contributed by atoms with Gasteiger partial charge in [0.2, 0.25) is 5.91 Å². The molecule has 5 heteroatoms. The van der Waals surface area contributed by atoms with Crippen molar-refractivity contribution in [3.05, 3.63) is 29.8 Å². The molecule has 1 amide bonds. The summed E-state index contributed by atoms with van der Waals surface area (Å²) >= 11 is 4.89. The van der Waals surface area contributed by atoms with Crippen molar-refractivity contribution in [1.29, 1.82) is 0 Å². The van der Waals surface area contributed by atoms with Crippen molar-refractivity contribution in [2.24, 2.45) is 11.7 Å². The van der Waals surface area contributed by atoms with Crippen molar-refractivity contribution >= 4 is 28.8 Å². The Balaban J connectivity index is 2.59. The minimum absolute atomic E-state index is 0.0420. The average molecular weight is 266 g/mol. The maximum absolute atomic E-state index is 11.7. The fraction of sp³-hybridized carbons (Fsp3) is 0.385. The average Bonchev–Trinajstić information content (AvgIpc) is 2.29. The first-order chi connectivity index (χ1) is 8.52. The summed E-state index contributed by atoms with van der Waals surface area (Å²) in [5.41, 5.74) is 6.98. The van der Waals surface area contributed by atoms with E-state index < -0.39 is 0 Å². The standard InChI is InChI=1S/C13H18N2O2S/c1-9(8-17-2)6-12(16)15-11-5-3-4-10(7-11)13(14)18/h3-5,7,9H,6,8H2,1-2H3,(H2,14,18)(H,15,16). The summed E-state index contributed by atoms with van der Waals surface area (Å²) in [5.74, 6) is 0.147. The Hall–Kier alpha value is -1.46. The van der Waals surface area contributed by atoms with Gasteiger partial charge in [-0.1, -0.05) is 31.3 Å². The number of anilines is 1. The van der Waals surface area contributed by atoms with Gasteiger partial charge in [0, 0.05) is 31.4 Å². The number of carbonyl (C=O) groups is 1. The van der Waals surface area contributed by atoms with Crippen molar-refractivity contribution in [2.45, 2.75) is 13.3 Å². The maximum Gasteiger partial charge on any atom is 0.224 e. The van der Waals surface area contributed by atoms with Crippen LogP contribution in [0, 0.1) is 5.92 Å². The molecular weight excluding hydrogens is 248 g/mol. The van der Waals surface area contributed by atoms with Gasteiger partial charge in [-0.3, -0.25) is 4.79 Å². The van der Waals surface area contributed by atoms with Crippen molar-refractivity contribution < 1.29 is 9.53 Å². The van der Waals surface area contributed by atoms with Crippen LogP contribution in [0.25, 0.3) is 0 Å². The van der Waals surface area contributed by atoms with E-state index in [1.165, 1.54) is 0 Å². The first kappa shape index (κ1) is 14.6. The second-order valence-electron chi connectivity index (χ2n) is 4.26. The monoisotopic (exact) mass is 266 g/mol. The molecule has 0 fully saturated rings. The molecule has 4 nitrogen and oxygen atoms in total. The molecule has 0 radical (unpaired) electrons. The van der Waals surface area contributed by atoms with E-state index in [0.717, 1.165) is 5.56 Å². The molecule has 0 spiro atoms. The molecule has 0 saturated heterocycles. The highest BCUT2D eigenvalue weighted by Crippen LogP contribution is 2.12. The smallest absolute Gasteiger partial charge is 0.224 e. The number of nitrogens with two attached hydrogens (primary N) is 1. The van der Waals surface area contributed by atoms with E-state index in [0.29, 0.717) is 23.7 Å². The number of rotatable bonds is 6. The second-order valence-corrected chi connectivity index (χ2v) is 4.70. The second kappa shape index (κ2) is 7.08. The minimum atomic E-state index is -0.0420. The molecule has 3 N–H and O–H groups in total. The van der Waals surface area contributed by atoms with Crippen molar-refractivity contribution in [3.8, 4) is 0 Å². The number of hydrogen-bond acceptors (Lipinski definition) is 3. The Bertz CT molecular complexity index is 435. The zero-order chi connectivity index (χ0) is 13.5. The molecule has 1 atom stereocenters. The van der Waals surface area contributed by atoms with Crippen LogP contribution in [0.1, 0.15) is 18.9 Å². The quantitative estimate of drug-likeness (QED) is 0.772.